The minimum atomic E-state index is -0.512. The maximum absolute atomic E-state index is 13.9. The van der Waals surface area contributed by atoms with Crippen LogP contribution < -0.4 is 10.5 Å². The van der Waals surface area contributed by atoms with Gasteiger partial charge in [-0.3, -0.25) is 0 Å². The first-order valence-electron chi connectivity index (χ1n) is 7.64. The van der Waals surface area contributed by atoms with Gasteiger partial charge in [-0.2, -0.15) is 4.98 Å². The van der Waals surface area contributed by atoms with Crippen LogP contribution >= 0.6 is 11.8 Å². The fraction of sp³-hybridized carbons (Fsp3) is 0.176. The minimum absolute atomic E-state index is 0.248. The van der Waals surface area contributed by atoms with Gasteiger partial charge in [0.2, 0.25) is 17.4 Å². The molecule has 1 atom stereocenters. The van der Waals surface area contributed by atoms with Crippen LogP contribution in [0.3, 0.4) is 0 Å². The fourth-order valence-electron chi connectivity index (χ4n) is 2.62. The van der Waals surface area contributed by atoms with Crippen LogP contribution in [0.15, 0.2) is 47.6 Å². The van der Waals surface area contributed by atoms with Crippen molar-refractivity contribution in [1.82, 2.24) is 15.2 Å². The largest absolute Gasteiger partial charge is 0.460 e. The summed E-state index contributed by atoms with van der Waals surface area (Å²) < 4.78 is 25.7. The Morgan fingerprint density at radius 3 is 2.88 bits per heavy atom. The number of fused-ring (bicyclic) bond motifs is 1. The van der Waals surface area contributed by atoms with Crippen LogP contribution in [0.1, 0.15) is 23.0 Å². The fourth-order valence-corrected chi connectivity index (χ4v) is 3.40. The predicted octanol–water partition coefficient (Wildman–Crippen LogP) is 3.43. The molecular formula is C17H15FN4O2S. The van der Waals surface area contributed by atoms with Crippen molar-refractivity contribution in [2.45, 2.75) is 23.8 Å². The number of rotatable bonds is 4. The molecule has 1 aliphatic heterocycles. The highest BCUT2D eigenvalue weighted by Gasteiger charge is 2.25. The summed E-state index contributed by atoms with van der Waals surface area (Å²) in [6.45, 7) is 0.290. The average molecular weight is 358 g/mol. The summed E-state index contributed by atoms with van der Waals surface area (Å²) in [5, 5.41) is 7.05. The lowest BCUT2D eigenvalue weighted by Crippen LogP contribution is -2.19. The standard InChI is InChI=1S/C17H15FN4O2S/c18-13-6-11-8-23-15(10-4-2-1-3-5-10)24-14(11)12(7-13)9-25-17-20-16(19)21-22-17/h1-7,15H,8-9H2,(H3,19,20,21,22)/t15-/m1/s1. The zero-order valence-electron chi connectivity index (χ0n) is 13.1. The number of H-pyrrole nitrogens is 1. The molecule has 8 heteroatoms. The molecule has 3 aromatic rings. The van der Waals surface area contributed by atoms with Gasteiger partial charge in [0.15, 0.2) is 0 Å². The lowest BCUT2D eigenvalue weighted by atomic mass is 10.1. The molecule has 2 aromatic carbocycles. The summed E-state index contributed by atoms with van der Waals surface area (Å²) >= 11 is 1.35. The van der Waals surface area contributed by atoms with E-state index in [1.54, 1.807) is 0 Å². The molecule has 2 heterocycles. The molecule has 4 rings (SSSR count). The van der Waals surface area contributed by atoms with Crippen molar-refractivity contribution in [3.8, 4) is 5.75 Å². The minimum Gasteiger partial charge on any atom is -0.460 e. The van der Waals surface area contributed by atoms with E-state index in [0.29, 0.717) is 22.2 Å². The number of thioether (sulfide) groups is 1. The van der Waals surface area contributed by atoms with Gasteiger partial charge in [0.05, 0.1) is 6.61 Å². The van der Waals surface area contributed by atoms with Crippen molar-refractivity contribution in [3.05, 3.63) is 65.0 Å². The molecule has 0 spiro atoms. The van der Waals surface area contributed by atoms with Crippen LogP contribution in [0.25, 0.3) is 0 Å². The number of nitrogens with zero attached hydrogens (tertiary/aromatic N) is 2. The second-order valence-electron chi connectivity index (χ2n) is 5.52. The lowest BCUT2D eigenvalue weighted by Gasteiger charge is -2.28. The van der Waals surface area contributed by atoms with Gasteiger partial charge in [0.25, 0.3) is 0 Å². The molecule has 0 radical (unpaired) electrons. The number of nitrogen functional groups attached to an aromatic ring is 1. The maximum Gasteiger partial charge on any atom is 0.227 e. The van der Waals surface area contributed by atoms with Crippen molar-refractivity contribution in [2.75, 3.05) is 5.73 Å². The van der Waals surface area contributed by atoms with E-state index in [2.05, 4.69) is 15.2 Å². The molecule has 0 bridgehead atoms. The number of hydrogen-bond acceptors (Lipinski definition) is 6. The third-order valence-electron chi connectivity index (χ3n) is 3.73. The number of aromatic amines is 1. The van der Waals surface area contributed by atoms with E-state index in [1.165, 1.54) is 23.9 Å². The number of halogens is 1. The Labute approximate surface area is 147 Å². The topological polar surface area (TPSA) is 86.1 Å². The molecule has 3 N–H and O–H groups in total. The Kier molecular flexibility index (Phi) is 4.29. The molecule has 0 unspecified atom stereocenters. The number of nitrogens with one attached hydrogen (secondary N) is 1. The van der Waals surface area contributed by atoms with E-state index < -0.39 is 6.29 Å². The van der Waals surface area contributed by atoms with Gasteiger partial charge in [-0.15, -0.1) is 5.10 Å². The highest BCUT2D eigenvalue weighted by molar-refractivity contribution is 7.98. The SMILES string of the molecule is Nc1nc(SCc2cc(F)cc3c2O[C@H](c2ccccc2)OC3)n[nH]1. The third kappa shape index (κ3) is 3.45. The van der Waals surface area contributed by atoms with Gasteiger partial charge in [0.1, 0.15) is 11.6 Å². The third-order valence-corrected chi connectivity index (χ3v) is 4.63. The summed E-state index contributed by atoms with van der Waals surface area (Å²) in [6.07, 6.45) is -0.512. The summed E-state index contributed by atoms with van der Waals surface area (Å²) in [5.74, 6) is 1.03. The molecule has 128 valence electrons. The molecule has 0 fully saturated rings. The molecule has 0 amide bonds. The van der Waals surface area contributed by atoms with E-state index in [-0.39, 0.29) is 18.4 Å². The molecule has 0 saturated heterocycles. The van der Waals surface area contributed by atoms with Gasteiger partial charge < -0.3 is 15.2 Å². The van der Waals surface area contributed by atoms with Crippen molar-refractivity contribution in [3.63, 3.8) is 0 Å². The van der Waals surface area contributed by atoms with Gasteiger partial charge >= 0.3 is 0 Å². The molecule has 1 aliphatic rings. The number of hydrogen-bond donors (Lipinski definition) is 2. The van der Waals surface area contributed by atoms with Gasteiger partial charge in [-0.05, 0) is 12.1 Å². The van der Waals surface area contributed by atoms with Crippen LogP contribution in [0.5, 0.6) is 5.75 Å². The zero-order valence-corrected chi connectivity index (χ0v) is 13.9. The van der Waals surface area contributed by atoms with E-state index in [1.807, 2.05) is 30.3 Å². The monoisotopic (exact) mass is 358 g/mol. The second kappa shape index (κ2) is 6.73. The first-order chi connectivity index (χ1) is 12.2. The summed E-state index contributed by atoms with van der Waals surface area (Å²) in [4.78, 5) is 4.04. The van der Waals surface area contributed by atoms with Gasteiger partial charge in [-0.1, -0.05) is 42.1 Å². The van der Waals surface area contributed by atoms with Crippen LogP contribution in [-0.2, 0) is 17.1 Å². The number of benzene rings is 2. The quantitative estimate of drug-likeness (QED) is 0.695. The summed E-state index contributed by atoms with van der Waals surface area (Å²) in [5.41, 5.74) is 7.86. The van der Waals surface area contributed by atoms with E-state index >= 15 is 0 Å². The maximum atomic E-state index is 13.9. The Morgan fingerprint density at radius 1 is 1.28 bits per heavy atom. The Bertz CT molecular complexity index is 888. The van der Waals surface area contributed by atoms with Crippen LogP contribution in [0.4, 0.5) is 10.3 Å². The highest BCUT2D eigenvalue weighted by atomic mass is 32.2. The Hall–Kier alpha value is -2.58. The number of ether oxygens (including phenoxy) is 2. The molecule has 1 aromatic heterocycles. The smallest absolute Gasteiger partial charge is 0.227 e. The summed E-state index contributed by atoms with van der Waals surface area (Å²) in [6, 6.07) is 12.6. The van der Waals surface area contributed by atoms with Crippen molar-refractivity contribution in [2.24, 2.45) is 0 Å². The summed E-state index contributed by atoms with van der Waals surface area (Å²) in [7, 11) is 0. The van der Waals surface area contributed by atoms with Gasteiger partial charge in [0, 0.05) is 22.4 Å². The number of nitrogens with two attached hydrogens (primary N) is 1. The lowest BCUT2D eigenvalue weighted by molar-refractivity contribution is -0.112. The van der Waals surface area contributed by atoms with Gasteiger partial charge in [-0.25, -0.2) is 9.49 Å². The average Bonchev–Trinajstić information content (AvgIpc) is 3.05. The first-order valence-corrected chi connectivity index (χ1v) is 8.63. The normalized spacial score (nSPS) is 16.3. The molecule has 25 heavy (non-hydrogen) atoms. The molecule has 0 aliphatic carbocycles. The molecule has 6 nitrogen and oxygen atoms in total. The van der Waals surface area contributed by atoms with Crippen LogP contribution in [0.2, 0.25) is 0 Å². The first kappa shape index (κ1) is 15.9. The van der Waals surface area contributed by atoms with E-state index in [0.717, 1.165) is 11.1 Å². The van der Waals surface area contributed by atoms with E-state index in [4.69, 9.17) is 15.2 Å². The predicted molar refractivity (Wildman–Crippen MR) is 91.4 cm³/mol. The zero-order chi connectivity index (χ0) is 17.2. The van der Waals surface area contributed by atoms with E-state index in [9.17, 15) is 4.39 Å². The number of aromatic nitrogens is 3. The molecule has 0 saturated carbocycles. The Morgan fingerprint density at radius 2 is 2.12 bits per heavy atom. The van der Waals surface area contributed by atoms with Crippen molar-refractivity contribution >= 4 is 17.7 Å². The Balaban J connectivity index is 1.59. The van der Waals surface area contributed by atoms with Crippen molar-refractivity contribution in [1.29, 1.82) is 0 Å². The van der Waals surface area contributed by atoms with Crippen molar-refractivity contribution < 1.29 is 13.9 Å². The van der Waals surface area contributed by atoms with Crippen LogP contribution in [0, 0.1) is 5.82 Å². The number of anilines is 1. The molecular weight excluding hydrogens is 343 g/mol. The highest BCUT2D eigenvalue weighted by Crippen LogP contribution is 2.38. The van der Waals surface area contributed by atoms with Crippen LogP contribution in [-0.4, -0.2) is 15.2 Å². The second-order valence-corrected chi connectivity index (χ2v) is 6.46.